The average molecular weight is 206 g/mol. The Labute approximate surface area is 88.8 Å². The van der Waals surface area contributed by atoms with E-state index in [2.05, 4.69) is 5.43 Å². The van der Waals surface area contributed by atoms with Crippen molar-refractivity contribution in [3.05, 3.63) is 35.9 Å². The molecule has 0 spiro atoms. The van der Waals surface area contributed by atoms with Crippen LogP contribution in [0.25, 0.3) is 0 Å². The summed E-state index contributed by atoms with van der Waals surface area (Å²) in [5.41, 5.74) is 4.26. The molecule has 0 unspecified atom stereocenters. The van der Waals surface area contributed by atoms with Crippen LogP contribution < -0.4 is 5.43 Å². The maximum absolute atomic E-state index is 11.4. The normalized spacial score (nSPS) is 16.8. The van der Waals surface area contributed by atoms with Gasteiger partial charge in [0.1, 0.15) is 6.61 Å². The average Bonchev–Trinajstić information content (AvgIpc) is 2.29. The molecule has 1 aliphatic heterocycles. The number of benzene rings is 1. The Morgan fingerprint density at radius 3 is 2.87 bits per heavy atom. The van der Waals surface area contributed by atoms with Crippen LogP contribution in [-0.2, 0) is 16.1 Å². The van der Waals surface area contributed by atoms with Gasteiger partial charge in [0.2, 0.25) is 0 Å². The van der Waals surface area contributed by atoms with E-state index in [0.29, 0.717) is 19.7 Å². The number of hydrazine groups is 1. The predicted octanol–water partition coefficient (Wildman–Crippen LogP) is 0.550. The van der Waals surface area contributed by atoms with Gasteiger partial charge in [0, 0.05) is 6.54 Å². The first-order valence-corrected chi connectivity index (χ1v) is 5.02. The maximum Gasteiger partial charge on any atom is 0.262 e. The Morgan fingerprint density at radius 1 is 1.33 bits per heavy atom. The molecule has 1 aliphatic rings. The van der Waals surface area contributed by atoms with Gasteiger partial charge in [0.25, 0.3) is 5.91 Å². The summed E-state index contributed by atoms with van der Waals surface area (Å²) >= 11 is 0. The van der Waals surface area contributed by atoms with Gasteiger partial charge in [-0.3, -0.25) is 9.80 Å². The van der Waals surface area contributed by atoms with Crippen LogP contribution in [0.4, 0.5) is 0 Å². The number of carbonyl (C=O) groups excluding carboxylic acids is 1. The van der Waals surface area contributed by atoms with E-state index >= 15 is 0 Å². The summed E-state index contributed by atoms with van der Waals surface area (Å²) < 4.78 is 5.03. The lowest BCUT2D eigenvalue weighted by Gasteiger charge is -2.27. The highest BCUT2D eigenvalue weighted by atomic mass is 16.5. The van der Waals surface area contributed by atoms with E-state index in [4.69, 9.17) is 4.74 Å². The summed E-state index contributed by atoms with van der Waals surface area (Å²) in [5, 5.41) is 1.62. The van der Waals surface area contributed by atoms with Crippen LogP contribution in [0.1, 0.15) is 5.56 Å². The number of nitrogens with one attached hydrogen (secondary N) is 1. The third kappa shape index (κ3) is 2.78. The second-order valence-electron chi connectivity index (χ2n) is 3.42. The maximum atomic E-state index is 11.4. The summed E-state index contributed by atoms with van der Waals surface area (Å²) in [5.74, 6) is -0.00261. The fraction of sp³-hybridized carbons (Fsp3) is 0.364. The van der Waals surface area contributed by atoms with Gasteiger partial charge in [0.15, 0.2) is 0 Å². The number of morpholine rings is 1. The van der Waals surface area contributed by atoms with Crippen LogP contribution in [-0.4, -0.2) is 30.7 Å². The van der Waals surface area contributed by atoms with Crippen molar-refractivity contribution in [1.29, 1.82) is 0 Å². The molecular formula is C11H14N2O2. The number of amides is 1. The highest BCUT2D eigenvalue weighted by molar-refractivity contribution is 5.77. The fourth-order valence-electron chi connectivity index (χ4n) is 1.47. The minimum absolute atomic E-state index is 0.00261. The molecule has 1 heterocycles. The quantitative estimate of drug-likeness (QED) is 0.785. The van der Waals surface area contributed by atoms with Crippen molar-refractivity contribution in [2.24, 2.45) is 0 Å². The second kappa shape index (κ2) is 4.91. The lowest BCUT2D eigenvalue weighted by molar-refractivity contribution is -0.147. The van der Waals surface area contributed by atoms with E-state index in [1.165, 1.54) is 0 Å². The Bertz CT molecular complexity index is 327. The molecule has 0 saturated carbocycles. The predicted molar refractivity (Wildman–Crippen MR) is 55.8 cm³/mol. The van der Waals surface area contributed by atoms with Gasteiger partial charge >= 0.3 is 0 Å². The van der Waals surface area contributed by atoms with E-state index in [-0.39, 0.29) is 12.5 Å². The SMILES string of the molecule is O=C1COCCN1NCc1ccccc1. The summed E-state index contributed by atoms with van der Waals surface area (Å²) in [6.07, 6.45) is 0. The van der Waals surface area contributed by atoms with Gasteiger partial charge < -0.3 is 4.74 Å². The zero-order valence-electron chi connectivity index (χ0n) is 8.48. The zero-order chi connectivity index (χ0) is 10.5. The van der Waals surface area contributed by atoms with Gasteiger partial charge in [-0.1, -0.05) is 30.3 Å². The summed E-state index contributed by atoms with van der Waals surface area (Å²) in [6.45, 7) is 2.08. The Hall–Kier alpha value is -1.39. The van der Waals surface area contributed by atoms with Crippen molar-refractivity contribution in [3.8, 4) is 0 Å². The Balaban J connectivity index is 1.85. The lowest BCUT2D eigenvalue weighted by Crippen LogP contribution is -2.49. The summed E-state index contributed by atoms with van der Waals surface area (Å²) in [7, 11) is 0. The molecule has 1 aromatic rings. The molecule has 4 nitrogen and oxygen atoms in total. The van der Waals surface area contributed by atoms with Crippen molar-refractivity contribution >= 4 is 5.91 Å². The molecule has 1 fully saturated rings. The Kier molecular flexibility index (Phi) is 3.32. The van der Waals surface area contributed by atoms with Crippen LogP contribution in [0.15, 0.2) is 30.3 Å². The van der Waals surface area contributed by atoms with Crippen molar-refractivity contribution in [3.63, 3.8) is 0 Å². The molecular weight excluding hydrogens is 192 g/mol. The molecule has 0 atom stereocenters. The number of hydrogen-bond donors (Lipinski definition) is 1. The lowest BCUT2D eigenvalue weighted by atomic mass is 10.2. The third-order valence-corrected chi connectivity index (χ3v) is 2.30. The molecule has 0 aliphatic carbocycles. The van der Waals surface area contributed by atoms with Gasteiger partial charge in [-0.2, -0.15) is 0 Å². The molecule has 1 aromatic carbocycles. The zero-order valence-corrected chi connectivity index (χ0v) is 8.48. The van der Waals surface area contributed by atoms with Crippen molar-refractivity contribution in [2.75, 3.05) is 19.8 Å². The van der Waals surface area contributed by atoms with Gasteiger partial charge in [-0.25, -0.2) is 5.43 Å². The molecule has 0 radical (unpaired) electrons. The first-order chi connectivity index (χ1) is 7.36. The molecule has 1 saturated heterocycles. The van der Waals surface area contributed by atoms with Crippen molar-refractivity contribution < 1.29 is 9.53 Å². The monoisotopic (exact) mass is 206 g/mol. The minimum Gasteiger partial charge on any atom is -0.370 e. The number of hydrogen-bond acceptors (Lipinski definition) is 3. The fourth-order valence-corrected chi connectivity index (χ4v) is 1.47. The van der Waals surface area contributed by atoms with Crippen LogP contribution in [0.5, 0.6) is 0 Å². The van der Waals surface area contributed by atoms with Crippen molar-refractivity contribution in [2.45, 2.75) is 6.54 Å². The first kappa shape index (κ1) is 10.1. The molecule has 0 bridgehead atoms. The molecule has 80 valence electrons. The Morgan fingerprint density at radius 2 is 2.13 bits per heavy atom. The number of ether oxygens (including phenoxy) is 1. The van der Waals surface area contributed by atoms with Crippen LogP contribution in [0, 0.1) is 0 Å². The highest BCUT2D eigenvalue weighted by Gasteiger charge is 2.17. The molecule has 0 aromatic heterocycles. The molecule has 2 rings (SSSR count). The highest BCUT2D eigenvalue weighted by Crippen LogP contribution is 2.00. The van der Waals surface area contributed by atoms with Crippen LogP contribution in [0.2, 0.25) is 0 Å². The minimum atomic E-state index is -0.00261. The summed E-state index contributed by atoms with van der Waals surface area (Å²) in [4.78, 5) is 11.4. The standard InChI is InChI=1S/C11H14N2O2/c14-11-9-15-7-6-13(11)12-8-10-4-2-1-3-5-10/h1-5,12H,6-9H2. The van der Waals surface area contributed by atoms with E-state index < -0.39 is 0 Å². The number of nitrogens with zero attached hydrogens (tertiary/aromatic N) is 1. The van der Waals surface area contributed by atoms with E-state index in [1.807, 2.05) is 30.3 Å². The second-order valence-corrected chi connectivity index (χ2v) is 3.42. The van der Waals surface area contributed by atoms with E-state index in [9.17, 15) is 4.79 Å². The summed E-state index contributed by atoms with van der Waals surface area (Å²) in [6, 6.07) is 10.00. The molecule has 15 heavy (non-hydrogen) atoms. The molecule has 1 N–H and O–H groups in total. The largest absolute Gasteiger partial charge is 0.370 e. The van der Waals surface area contributed by atoms with Gasteiger partial charge in [-0.15, -0.1) is 0 Å². The van der Waals surface area contributed by atoms with E-state index in [1.54, 1.807) is 5.01 Å². The molecule has 4 heteroatoms. The number of rotatable bonds is 3. The molecule has 1 amide bonds. The van der Waals surface area contributed by atoms with Crippen molar-refractivity contribution in [1.82, 2.24) is 10.4 Å². The van der Waals surface area contributed by atoms with E-state index in [0.717, 1.165) is 5.56 Å². The first-order valence-electron chi connectivity index (χ1n) is 5.02. The van der Waals surface area contributed by atoms with Crippen LogP contribution >= 0.6 is 0 Å². The van der Waals surface area contributed by atoms with Gasteiger partial charge in [-0.05, 0) is 5.56 Å². The van der Waals surface area contributed by atoms with Gasteiger partial charge in [0.05, 0.1) is 13.2 Å². The smallest absolute Gasteiger partial charge is 0.262 e. The third-order valence-electron chi connectivity index (χ3n) is 2.30. The topological polar surface area (TPSA) is 41.6 Å². The van der Waals surface area contributed by atoms with Crippen LogP contribution in [0.3, 0.4) is 0 Å². The number of carbonyl (C=O) groups is 1.